The van der Waals surface area contributed by atoms with Crippen LogP contribution in [0.25, 0.3) is 0 Å². The predicted molar refractivity (Wildman–Crippen MR) is 59.2 cm³/mol. The van der Waals surface area contributed by atoms with Gasteiger partial charge in [0.05, 0.1) is 0 Å². The number of carbonyl (C=O) groups excluding carboxylic acids is 1. The van der Waals surface area contributed by atoms with Crippen molar-refractivity contribution < 1.29 is 4.79 Å². The Labute approximate surface area is 92.5 Å². The minimum Gasteiger partial charge on any atom is -0.359 e. The molecule has 1 aromatic rings. The van der Waals surface area contributed by atoms with Crippen molar-refractivity contribution in [2.75, 3.05) is 7.05 Å². The standard InChI is InChI=1S/C10H15N3O3/c1-11-8(14)4-3-6-13-9(15)5-7-12(2)10(13)16/h5,7H,3-4,6H2,1-2H3,(H,11,14). The third-order valence-electron chi connectivity index (χ3n) is 2.30. The van der Waals surface area contributed by atoms with Crippen LogP contribution < -0.4 is 16.6 Å². The quantitative estimate of drug-likeness (QED) is 0.719. The number of rotatable bonds is 4. The van der Waals surface area contributed by atoms with Crippen molar-refractivity contribution in [3.8, 4) is 0 Å². The molecule has 0 fully saturated rings. The lowest BCUT2D eigenvalue weighted by atomic mass is 10.3. The van der Waals surface area contributed by atoms with E-state index in [-0.39, 0.29) is 23.7 Å². The Morgan fingerprint density at radius 2 is 2.12 bits per heavy atom. The third-order valence-corrected chi connectivity index (χ3v) is 2.30. The first-order chi connectivity index (χ1) is 7.56. The Bertz CT molecular complexity index is 487. The van der Waals surface area contributed by atoms with Crippen molar-refractivity contribution in [1.29, 1.82) is 0 Å². The molecule has 0 spiro atoms. The number of aryl methyl sites for hydroxylation is 1. The Hall–Kier alpha value is -1.85. The Kier molecular flexibility index (Phi) is 4.04. The zero-order valence-electron chi connectivity index (χ0n) is 9.40. The van der Waals surface area contributed by atoms with Crippen LogP contribution in [0, 0.1) is 0 Å². The maximum Gasteiger partial charge on any atom is 0.330 e. The first-order valence-electron chi connectivity index (χ1n) is 5.03. The molecule has 1 rings (SSSR count). The van der Waals surface area contributed by atoms with Gasteiger partial charge >= 0.3 is 5.69 Å². The maximum absolute atomic E-state index is 11.6. The Morgan fingerprint density at radius 3 is 2.75 bits per heavy atom. The zero-order valence-corrected chi connectivity index (χ0v) is 9.40. The summed E-state index contributed by atoms with van der Waals surface area (Å²) in [5, 5.41) is 2.48. The average Bonchev–Trinajstić information content (AvgIpc) is 2.28. The minimum atomic E-state index is -0.357. The largest absolute Gasteiger partial charge is 0.359 e. The summed E-state index contributed by atoms with van der Waals surface area (Å²) in [5.74, 6) is -0.0965. The van der Waals surface area contributed by atoms with Gasteiger partial charge in [-0.1, -0.05) is 0 Å². The summed E-state index contributed by atoms with van der Waals surface area (Å²) in [5.41, 5.74) is -0.690. The molecular formula is C10H15N3O3. The number of hydrogen-bond acceptors (Lipinski definition) is 3. The molecule has 0 saturated carbocycles. The van der Waals surface area contributed by atoms with Gasteiger partial charge in [-0.2, -0.15) is 0 Å². The van der Waals surface area contributed by atoms with Crippen molar-refractivity contribution in [2.45, 2.75) is 19.4 Å². The molecular weight excluding hydrogens is 210 g/mol. The van der Waals surface area contributed by atoms with Crippen LogP contribution in [0.4, 0.5) is 0 Å². The summed E-state index contributed by atoms with van der Waals surface area (Å²) in [4.78, 5) is 33.9. The van der Waals surface area contributed by atoms with Gasteiger partial charge in [-0.05, 0) is 6.42 Å². The van der Waals surface area contributed by atoms with E-state index in [1.54, 1.807) is 14.1 Å². The molecule has 6 nitrogen and oxygen atoms in total. The Balaban J connectivity index is 2.75. The van der Waals surface area contributed by atoms with Crippen molar-refractivity contribution in [1.82, 2.24) is 14.5 Å². The molecule has 0 aliphatic heterocycles. The second-order valence-corrected chi connectivity index (χ2v) is 3.48. The molecule has 88 valence electrons. The normalized spacial score (nSPS) is 10.1. The van der Waals surface area contributed by atoms with Crippen molar-refractivity contribution >= 4 is 5.91 Å². The lowest BCUT2D eigenvalue weighted by Gasteiger charge is -2.05. The van der Waals surface area contributed by atoms with Crippen LogP contribution in [0.15, 0.2) is 21.9 Å². The van der Waals surface area contributed by atoms with E-state index >= 15 is 0 Å². The summed E-state index contributed by atoms with van der Waals surface area (Å²) >= 11 is 0. The molecule has 0 unspecified atom stereocenters. The molecule has 1 N–H and O–H groups in total. The number of aromatic nitrogens is 2. The summed E-state index contributed by atoms with van der Waals surface area (Å²) in [6.07, 6.45) is 2.21. The molecule has 1 aromatic heterocycles. The van der Waals surface area contributed by atoms with Gasteiger partial charge in [0, 0.05) is 39.3 Å². The van der Waals surface area contributed by atoms with E-state index in [4.69, 9.17) is 0 Å². The summed E-state index contributed by atoms with van der Waals surface area (Å²) in [6.45, 7) is 0.264. The first kappa shape index (κ1) is 12.2. The van der Waals surface area contributed by atoms with Crippen LogP contribution >= 0.6 is 0 Å². The van der Waals surface area contributed by atoms with Crippen LogP contribution in [0.1, 0.15) is 12.8 Å². The van der Waals surface area contributed by atoms with E-state index in [0.717, 1.165) is 4.57 Å². The molecule has 1 amide bonds. The van der Waals surface area contributed by atoms with Crippen LogP contribution in [0.5, 0.6) is 0 Å². The van der Waals surface area contributed by atoms with E-state index in [9.17, 15) is 14.4 Å². The molecule has 0 aliphatic rings. The van der Waals surface area contributed by atoms with Gasteiger partial charge in [0.25, 0.3) is 5.56 Å². The number of nitrogens with one attached hydrogen (secondary N) is 1. The number of amides is 1. The van der Waals surface area contributed by atoms with E-state index < -0.39 is 0 Å². The van der Waals surface area contributed by atoms with Crippen molar-refractivity contribution in [2.24, 2.45) is 7.05 Å². The van der Waals surface area contributed by atoms with E-state index in [2.05, 4.69) is 5.32 Å². The lowest BCUT2D eigenvalue weighted by Crippen LogP contribution is -2.38. The van der Waals surface area contributed by atoms with Crippen LogP contribution in [0.2, 0.25) is 0 Å². The summed E-state index contributed by atoms with van der Waals surface area (Å²) in [7, 11) is 3.13. The van der Waals surface area contributed by atoms with Gasteiger partial charge in [0.2, 0.25) is 5.91 Å². The fourth-order valence-corrected chi connectivity index (χ4v) is 1.34. The highest BCUT2D eigenvalue weighted by molar-refractivity contribution is 5.75. The Morgan fingerprint density at radius 1 is 1.44 bits per heavy atom. The predicted octanol–water partition coefficient (Wildman–Crippen LogP) is -0.927. The molecule has 0 aromatic carbocycles. The van der Waals surface area contributed by atoms with Crippen molar-refractivity contribution in [3.63, 3.8) is 0 Å². The second kappa shape index (κ2) is 5.29. The highest BCUT2D eigenvalue weighted by Crippen LogP contribution is 1.90. The van der Waals surface area contributed by atoms with E-state index in [0.29, 0.717) is 12.8 Å². The number of carbonyl (C=O) groups is 1. The van der Waals surface area contributed by atoms with E-state index in [1.165, 1.54) is 16.8 Å². The monoisotopic (exact) mass is 225 g/mol. The molecule has 1 heterocycles. The van der Waals surface area contributed by atoms with E-state index in [1.807, 2.05) is 0 Å². The van der Waals surface area contributed by atoms with Gasteiger partial charge in [0.1, 0.15) is 0 Å². The molecule has 16 heavy (non-hydrogen) atoms. The van der Waals surface area contributed by atoms with Gasteiger partial charge in [-0.25, -0.2) is 4.79 Å². The maximum atomic E-state index is 11.6. The van der Waals surface area contributed by atoms with Gasteiger partial charge in [-0.3, -0.25) is 14.2 Å². The molecule has 0 bridgehead atoms. The second-order valence-electron chi connectivity index (χ2n) is 3.48. The average molecular weight is 225 g/mol. The lowest BCUT2D eigenvalue weighted by molar-refractivity contribution is -0.120. The number of hydrogen-bond donors (Lipinski definition) is 1. The topological polar surface area (TPSA) is 73.1 Å². The van der Waals surface area contributed by atoms with Gasteiger partial charge in [-0.15, -0.1) is 0 Å². The molecule has 0 aliphatic carbocycles. The van der Waals surface area contributed by atoms with Crippen LogP contribution in [-0.4, -0.2) is 22.1 Å². The van der Waals surface area contributed by atoms with Gasteiger partial charge < -0.3 is 9.88 Å². The fourth-order valence-electron chi connectivity index (χ4n) is 1.34. The summed E-state index contributed by atoms with van der Waals surface area (Å²) in [6, 6.07) is 1.33. The highest BCUT2D eigenvalue weighted by atomic mass is 16.2. The van der Waals surface area contributed by atoms with Crippen LogP contribution in [0.3, 0.4) is 0 Å². The molecule has 0 atom stereocenters. The zero-order chi connectivity index (χ0) is 12.1. The molecule has 6 heteroatoms. The highest BCUT2D eigenvalue weighted by Gasteiger charge is 2.03. The number of nitrogens with zero attached hydrogens (tertiary/aromatic N) is 2. The molecule has 0 radical (unpaired) electrons. The first-order valence-corrected chi connectivity index (χ1v) is 5.03. The van der Waals surface area contributed by atoms with Crippen molar-refractivity contribution in [3.05, 3.63) is 33.1 Å². The third kappa shape index (κ3) is 2.82. The smallest absolute Gasteiger partial charge is 0.330 e. The van der Waals surface area contributed by atoms with Gasteiger partial charge in [0.15, 0.2) is 0 Å². The fraction of sp³-hybridized carbons (Fsp3) is 0.500. The summed E-state index contributed by atoms with van der Waals surface area (Å²) < 4.78 is 2.46. The molecule has 0 saturated heterocycles. The SMILES string of the molecule is CNC(=O)CCCn1c(=O)ccn(C)c1=O. The van der Waals surface area contributed by atoms with Crippen LogP contribution in [-0.2, 0) is 18.4 Å². The minimum absolute atomic E-state index is 0.0965.